The van der Waals surface area contributed by atoms with Crippen molar-refractivity contribution in [2.75, 3.05) is 11.9 Å². The van der Waals surface area contributed by atoms with Gasteiger partial charge in [-0.2, -0.15) is 8.78 Å². The van der Waals surface area contributed by atoms with E-state index in [1.165, 1.54) is 26.0 Å². The van der Waals surface area contributed by atoms with Gasteiger partial charge in [-0.25, -0.2) is 22.0 Å². The summed E-state index contributed by atoms with van der Waals surface area (Å²) in [6.45, 7) is 3.26. The normalized spacial score (nSPS) is 13.7. The zero-order valence-corrected chi connectivity index (χ0v) is 25.9. The molecule has 0 saturated carbocycles. The standard InChI is InChI=1S/C28H25F10N2O2P.CH3NO/c1-14-11-16(26(33,25(4,31)32)27(34,35)43)12-19(42-28(36,37)38)21(14)17-7-6-8-18(22(17)29)40(5)23(41)15-9-10-20(39-13-15)24(2,3)30;2-1-3/h6-13H,43H2,1-5H3;1H,(H2,2,3). The number of aryl methyl sites for hydroxylation is 1. The summed E-state index contributed by atoms with van der Waals surface area (Å²) < 4.78 is 146. The Balaban J connectivity index is 0.00000236. The van der Waals surface area contributed by atoms with Crippen molar-refractivity contribution in [1.82, 2.24) is 4.98 Å². The van der Waals surface area contributed by atoms with Gasteiger partial charge in [0.1, 0.15) is 11.4 Å². The van der Waals surface area contributed by atoms with E-state index in [0.717, 1.165) is 43.3 Å². The number of primary amides is 1. The van der Waals surface area contributed by atoms with Crippen molar-refractivity contribution >= 4 is 27.2 Å². The molecule has 2 unspecified atom stereocenters. The molecule has 0 aliphatic carbocycles. The average molecular weight is 688 g/mol. The Hall–Kier alpha value is -3.94. The number of nitrogens with two attached hydrogens (primary N) is 1. The molecule has 1 aromatic heterocycles. The quantitative estimate of drug-likeness (QED) is 0.148. The number of anilines is 1. The van der Waals surface area contributed by atoms with Crippen LogP contribution in [0.4, 0.5) is 49.6 Å². The molecule has 0 aliphatic heterocycles. The molecule has 0 fully saturated rings. The molecule has 1 heterocycles. The number of aromatic nitrogens is 1. The van der Waals surface area contributed by atoms with Crippen molar-refractivity contribution in [1.29, 1.82) is 0 Å². The third-order valence-corrected chi connectivity index (χ3v) is 6.92. The molecule has 0 bridgehead atoms. The number of benzene rings is 2. The molecule has 2 N–H and O–H groups in total. The number of hydrogen-bond acceptors (Lipinski definition) is 4. The number of nitrogens with zero attached hydrogens (tertiary/aromatic N) is 2. The molecule has 3 aromatic rings. The largest absolute Gasteiger partial charge is 0.573 e. The first kappa shape index (κ1) is 38.2. The van der Waals surface area contributed by atoms with Crippen LogP contribution in [0.25, 0.3) is 11.1 Å². The van der Waals surface area contributed by atoms with Gasteiger partial charge in [0.2, 0.25) is 6.41 Å². The number of rotatable bonds is 8. The average Bonchev–Trinajstić information content (AvgIpc) is 2.90. The Morgan fingerprint density at radius 3 is 1.98 bits per heavy atom. The van der Waals surface area contributed by atoms with Crippen LogP contribution in [0.15, 0.2) is 48.7 Å². The van der Waals surface area contributed by atoms with Crippen molar-refractivity contribution in [3.05, 3.63) is 76.9 Å². The Bertz CT molecular complexity index is 1550. The second-order valence-corrected chi connectivity index (χ2v) is 11.2. The molecule has 0 aliphatic rings. The van der Waals surface area contributed by atoms with Gasteiger partial charge in [-0.1, -0.05) is 27.4 Å². The monoisotopic (exact) mass is 687 g/mol. The summed E-state index contributed by atoms with van der Waals surface area (Å²) in [5.74, 6) is -8.38. The zero-order chi connectivity index (χ0) is 35.6. The number of halogens is 10. The summed E-state index contributed by atoms with van der Waals surface area (Å²) in [5.41, 5.74) is -11.4. The molecule has 2 aromatic carbocycles. The van der Waals surface area contributed by atoms with E-state index in [9.17, 15) is 39.9 Å². The number of amides is 2. The van der Waals surface area contributed by atoms with Crippen LogP contribution >= 0.6 is 9.24 Å². The van der Waals surface area contributed by atoms with Gasteiger partial charge >= 0.3 is 12.0 Å². The van der Waals surface area contributed by atoms with Gasteiger partial charge in [0.05, 0.1) is 16.9 Å². The van der Waals surface area contributed by atoms with E-state index in [0.29, 0.717) is 15.3 Å². The first-order chi connectivity index (χ1) is 20.8. The zero-order valence-electron chi connectivity index (χ0n) is 24.7. The molecule has 252 valence electrons. The first-order valence-corrected chi connectivity index (χ1v) is 13.4. The molecular weight excluding hydrogens is 659 g/mol. The van der Waals surface area contributed by atoms with E-state index < -0.39 is 74.7 Å². The molecule has 6 nitrogen and oxygen atoms in total. The Morgan fingerprint density at radius 1 is 0.978 bits per heavy atom. The van der Waals surface area contributed by atoms with Crippen molar-refractivity contribution in [3.8, 4) is 16.9 Å². The molecule has 0 radical (unpaired) electrons. The van der Waals surface area contributed by atoms with Gasteiger partial charge in [-0.15, -0.1) is 13.2 Å². The van der Waals surface area contributed by atoms with E-state index >= 15 is 8.78 Å². The smallest absolute Gasteiger partial charge is 0.405 e. The fraction of sp³-hybridized carbons (Fsp3) is 0.345. The maximum Gasteiger partial charge on any atom is 0.573 e. The number of alkyl halides is 9. The van der Waals surface area contributed by atoms with Gasteiger partial charge in [0.15, 0.2) is 5.82 Å². The minimum absolute atomic E-state index is 0.00573. The molecular formula is C29H28F10N3O3P. The fourth-order valence-corrected chi connectivity index (χ4v) is 4.81. The van der Waals surface area contributed by atoms with Gasteiger partial charge in [0.25, 0.3) is 17.5 Å². The van der Waals surface area contributed by atoms with Crippen molar-refractivity contribution in [2.45, 2.75) is 57.0 Å². The third-order valence-electron chi connectivity index (χ3n) is 6.52. The summed E-state index contributed by atoms with van der Waals surface area (Å²) in [6.07, 6.45) is -4.24. The van der Waals surface area contributed by atoms with Crippen LogP contribution in [0.2, 0.25) is 0 Å². The highest BCUT2D eigenvalue weighted by atomic mass is 31.0. The Labute approximate surface area is 259 Å². The number of pyridine rings is 1. The number of hydrogen-bond donors (Lipinski definition) is 1. The molecule has 3 rings (SSSR count). The molecule has 2 atom stereocenters. The lowest BCUT2D eigenvalue weighted by Gasteiger charge is -2.36. The lowest BCUT2D eigenvalue weighted by Crippen LogP contribution is -2.50. The van der Waals surface area contributed by atoms with Crippen LogP contribution in [0.3, 0.4) is 0 Å². The van der Waals surface area contributed by atoms with Crippen LogP contribution in [-0.2, 0) is 16.1 Å². The highest BCUT2D eigenvalue weighted by Crippen LogP contribution is 2.56. The highest BCUT2D eigenvalue weighted by molar-refractivity contribution is 7.18. The third kappa shape index (κ3) is 8.06. The maximum absolute atomic E-state index is 15.9. The summed E-state index contributed by atoms with van der Waals surface area (Å²) in [7, 11) is 1.73. The van der Waals surface area contributed by atoms with E-state index in [-0.39, 0.29) is 30.7 Å². The molecule has 46 heavy (non-hydrogen) atoms. The summed E-state index contributed by atoms with van der Waals surface area (Å²) >= 11 is 0. The summed E-state index contributed by atoms with van der Waals surface area (Å²) in [6, 6.07) is 6.12. The number of carbonyl (C=O) groups excluding carboxylic acids is 2. The molecule has 0 saturated heterocycles. The van der Waals surface area contributed by atoms with Gasteiger partial charge in [0, 0.05) is 36.9 Å². The first-order valence-electron chi connectivity index (χ1n) is 12.8. The fourth-order valence-electron chi connectivity index (χ4n) is 4.39. The van der Waals surface area contributed by atoms with E-state index in [2.05, 4.69) is 15.5 Å². The number of carbonyl (C=O) groups is 2. The molecule has 0 spiro atoms. The molecule has 2 amide bonds. The van der Waals surface area contributed by atoms with Crippen molar-refractivity contribution in [2.24, 2.45) is 5.73 Å². The van der Waals surface area contributed by atoms with Crippen molar-refractivity contribution in [3.63, 3.8) is 0 Å². The van der Waals surface area contributed by atoms with Crippen molar-refractivity contribution < 1.29 is 58.2 Å². The second-order valence-electron chi connectivity index (χ2n) is 10.4. The minimum Gasteiger partial charge on any atom is -0.405 e. The van der Waals surface area contributed by atoms with E-state index in [1.54, 1.807) is 0 Å². The molecule has 17 heteroatoms. The topological polar surface area (TPSA) is 85.5 Å². The Kier molecular flexibility index (Phi) is 11.2. The predicted molar refractivity (Wildman–Crippen MR) is 153 cm³/mol. The van der Waals surface area contributed by atoms with Crippen LogP contribution < -0.4 is 15.4 Å². The highest BCUT2D eigenvalue weighted by Gasteiger charge is 2.66. The van der Waals surface area contributed by atoms with E-state index in [4.69, 9.17) is 4.79 Å². The van der Waals surface area contributed by atoms with Gasteiger partial charge < -0.3 is 15.4 Å². The Morgan fingerprint density at radius 2 is 1.54 bits per heavy atom. The predicted octanol–water partition coefficient (Wildman–Crippen LogP) is 7.97. The SMILES string of the molecule is Cc1cc(C(F)(C(C)(F)F)C(F)(F)P)cc(OC(F)(F)F)c1-c1cccc(N(C)C(=O)c2ccc(C(C)(C)F)nc2)c1F.NC=O. The lowest BCUT2D eigenvalue weighted by atomic mass is 9.86. The maximum atomic E-state index is 15.9. The number of ether oxygens (including phenoxy) is 1. The van der Waals surface area contributed by atoms with Crippen LogP contribution in [-0.4, -0.2) is 42.3 Å². The van der Waals surface area contributed by atoms with Crippen LogP contribution in [0, 0.1) is 12.7 Å². The van der Waals surface area contributed by atoms with Crippen LogP contribution in [0.5, 0.6) is 5.75 Å². The summed E-state index contributed by atoms with van der Waals surface area (Å²) in [4.78, 5) is 26.3. The van der Waals surface area contributed by atoms with E-state index in [1.807, 2.05) is 0 Å². The van der Waals surface area contributed by atoms with Crippen LogP contribution in [0.1, 0.15) is 48.0 Å². The summed E-state index contributed by atoms with van der Waals surface area (Å²) in [5, 5.41) is 0. The van der Waals surface area contributed by atoms with Gasteiger partial charge in [-0.3, -0.25) is 14.6 Å². The lowest BCUT2D eigenvalue weighted by molar-refractivity contribution is -0.274. The van der Waals surface area contributed by atoms with Gasteiger partial charge in [-0.05, 0) is 50.6 Å². The second kappa shape index (κ2) is 13.4. The minimum atomic E-state index is -5.54.